The second-order valence-electron chi connectivity index (χ2n) is 4.45. The van der Waals surface area contributed by atoms with Crippen molar-refractivity contribution in [1.82, 2.24) is 10.2 Å². The molecule has 0 saturated carbocycles. The number of nitrogens with zero attached hydrogens (tertiary/aromatic N) is 1. The third-order valence-corrected chi connectivity index (χ3v) is 3.78. The fourth-order valence-corrected chi connectivity index (χ4v) is 3.17. The highest BCUT2D eigenvalue weighted by Gasteiger charge is 2.13. The van der Waals surface area contributed by atoms with Gasteiger partial charge in [-0.1, -0.05) is 37.0 Å². The third-order valence-electron chi connectivity index (χ3n) is 2.60. The van der Waals surface area contributed by atoms with E-state index in [-0.39, 0.29) is 17.4 Å². The van der Waals surface area contributed by atoms with Gasteiger partial charge in [-0.3, -0.25) is 4.79 Å². The molecule has 1 heterocycles. The number of benzene rings is 1. The molecule has 0 aliphatic heterocycles. The van der Waals surface area contributed by atoms with Gasteiger partial charge < -0.3 is 4.74 Å². The molecule has 0 saturated heterocycles. The van der Waals surface area contributed by atoms with Gasteiger partial charge in [-0.2, -0.15) is 0 Å². The summed E-state index contributed by atoms with van der Waals surface area (Å²) in [6.45, 7) is 3.83. The minimum Gasteiger partial charge on any atom is -0.434 e. The molecule has 0 atom stereocenters. The van der Waals surface area contributed by atoms with Crippen molar-refractivity contribution >= 4 is 45.8 Å². The third kappa shape index (κ3) is 3.45. The fourth-order valence-electron chi connectivity index (χ4n) is 1.61. The summed E-state index contributed by atoms with van der Waals surface area (Å²) < 4.78 is 6.50. The van der Waals surface area contributed by atoms with Crippen molar-refractivity contribution in [2.24, 2.45) is 0 Å². The normalized spacial score (nSPS) is 10.9. The maximum atomic E-state index is 11.6. The average molecular weight is 425 g/mol. The molecule has 0 bridgehead atoms. The highest BCUT2D eigenvalue weighted by atomic mass is 127. The predicted octanol–water partition coefficient (Wildman–Crippen LogP) is 4.60. The number of halogens is 3. The number of aromatic amines is 1. The highest BCUT2D eigenvalue weighted by Crippen LogP contribution is 2.37. The molecular weight excluding hydrogens is 414 g/mol. The molecule has 20 heavy (non-hydrogen) atoms. The van der Waals surface area contributed by atoms with Crippen LogP contribution in [0.15, 0.2) is 23.0 Å². The quantitative estimate of drug-likeness (QED) is 0.732. The van der Waals surface area contributed by atoms with E-state index in [0.29, 0.717) is 21.4 Å². The van der Waals surface area contributed by atoms with Crippen LogP contribution in [-0.4, -0.2) is 10.2 Å². The summed E-state index contributed by atoms with van der Waals surface area (Å²) in [5.74, 6) is 0.632. The summed E-state index contributed by atoms with van der Waals surface area (Å²) >= 11 is 14.3. The highest BCUT2D eigenvalue weighted by molar-refractivity contribution is 14.1. The number of hydrogen-bond donors (Lipinski definition) is 1. The lowest BCUT2D eigenvalue weighted by atomic mass is 10.1. The van der Waals surface area contributed by atoms with Gasteiger partial charge >= 0.3 is 0 Å². The van der Waals surface area contributed by atoms with Gasteiger partial charge in [-0.15, -0.1) is 5.10 Å². The first-order chi connectivity index (χ1) is 9.38. The zero-order valence-electron chi connectivity index (χ0n) is 10.7. The standard InChI is InChI=1S/C13H11Cl2IN2O2/c1-6(2)8-5-11(17-18-13(8)19)20-12-9(14)3-7(16)4-10(12)15/h3-6H,1-2H3,(H,18,19). The van der Waals surface area contributed by atoms with Crippen molar-refractivity contribution in [1.29, 1.82) is 0 Å². The number of H-pyrrole nitrogens is 1. The van der Waals surface area contributed by atoms with Gasteiger partial charge in [0, 0.05) is 15.2 Å². The van der Waals surface area contributed by atoms with E-state index >= 15 is 0 Å². The first-order valence-corrected chi connectivity index (χ1v) is 7.64. The molecule has 0 aliphatic carbocycles. The van der Waals surface area contributed by atoms with Gasteiger partial charge in [0.25, 0.3) is 5.56 Å². The number of hydrogen-bond acceptors (Lipinski definition) is 3. The molecule has 0 spiro atoms. The Balaban J connectivity index is 2.41. The molecule has 1 aromatic carbocycles. The van der Waals surface area contributed by atoms with Crippen LogP contribution in [0, 0.1) is 3.57 Å². The molecule has 0 amide bonds. The van der Waals surface area contributed by atoms with Crippen molar-refractivity contribution in [2.45, 2.75) is 19.8 Å². The maximum absolute atomic E-state index is 11.6. The van der Waals surface area contributed by atoms with Crippen molar-refractivity contribution in [3.63, 3.8) is 0 Å². The van der Waals surface area contributed by atoms with Crippen LogP contribution in [0.4, 0.5) is 0 Å². The first kappa shape index (κ1) is 15.6. The maximum Gasteiger partial charge on any atom is 0.267 e. The molecule has 0 fully saturated rings. The molecule has 106 valence electrons. The SMILES string of the molecule is CC(C)c1cc(Oc2c(Cl)cc(I)cc2Cl)n[nH]c1=O. The summed E-state index contributed by atoms with van der Waals surface area (Å²) in [6.07, 6.45) is 0. The Kier molecular flexibility index (Phi) is 4.93. The fraction of sp³-hybridized carbons (Fsp3) is 0.231. The smallest absolute Gasteiger partial charge is 0.267 e. The Morgan fingerprint density at radius 2 is 1.85 bits per heavy atom. The summed E-state index contributed by atoms with van der Waals surface area (Å²) in [6, 6.07) is 5.06. The first-order valence-electron chi connectivity index (χ1n) is 5.80. The summed E-state index contributed by atoms with van der Waals surface area (Å²) in [5, 5.41) is 7.02. The topological polar surface area (TPSA) is 55.0 Å². The van der Waals surface area contributed by atoms with Crippen LogP contribution in [0.3, 0.4) is 0 Å². The molecule has 1 aromatic heterocycles. The largest absolute Gasteiger partial charge is 0.434 e. The van der Waals surface area contributed by atoms with Crippen LogP contribution in [0.1, 0.15) is 25.3 Å². The van der Waals surface area contributed by atoms with Crippen molar-refractivity contribution in [3.05, 3.63) is 47.7 Å². The molecule has 0 unspecified atom stereocenters. The second-order valence-corrected chi connectivity index (χ2v) is 6.51. The van der Waals surface area contributed by atoms with E-state index in [9.17, 15) is 4.79 Å². The lowest BCUT2D eigenvalue weighted by molar-refractivity contribution is 0.452. The van der Waals surface area contributed by atoms with Gasteiger partial charge in [0.05, 0.1) is 10.0 Å². The molecule has 7 heteroatoms. The van der Waals surface area contributed by atoms with E-state index in [1.807, 2.05) is 13.8 Å². The van der Waals surface area contributed by atoms with E-state index < -0.39 is 0 Å². The van der Waals surface area contributed by atoms with Crippen LogP contribution in [0.5, 0.6) is 11.6 Å². The summed E-state index contributed by atoms with van der Waals surface area (Å²) in [4.78, 5) is 11.6. The lowest BCUT2D eigenvalue weighted by Gasteiger charge is -2.10. The molecule has 2 rings (SSSR count). The van der Waals surface area contributed by atoms with E-state index in [1.165, 1.54) is 0 Å². The van der Waals surface area contributed by atoms with E-state index in [0.717, 1.165) is 3.57 Å². The number of rotatable bonds is 3. The van der Waals surface area contributed by atoms with Crippen molar-refractivity contribution in [2.75, 3.05) is 0 Å². The lowest BCUT2D eigenvalue weighted by Crippen LogP contribution is -2.15. The Bertz CT molecular complexity index is 678. The van der Waals surface area contributed by atoms with Gasteiger partial charge in [0.1, 0.15) is 0 Å². The Morgan fingerprint density at radius 1 is 1.25 bits per heavy atom. The zero-order chi connectivity index (χ0) is 14.9. The van der Waals surface area contributed by atoms with Crippen LogP contribution in [0.2, 0.25) is 10.0 Å². The zero-order valence-corrected chi connectivity index (χ0v) is 14.4. The number of ether oxygens (including phenoxy) is 1. The Labute approximate surface area is 139 Å². The molecular formula is C13H11Cl2IN2O2. The van der Waals surface area contributed by atoms with Crippen molar-refractivity contribution < 1.29 is 4.74 Å². The number of nitrogens with one attached hydrogen (secondary N) is 1. The van der Waals surface area contributed by atoms with E-state index in [2.05, 4.69) is 32.8 Å². The van der Waals surface area contributed by atoms with Crippen LogP contribution >= 0.6 is 45.8 Å². The van der Waals surface area contributed by atoms with Crippen LogP contribution in [0.25, 0.3) is 0 Å². The predicted molar refractivity (Wildman–Crippen MR) is 88.2 cm³/mol. The van der Waals surface area contributed by atoms with Crippen molar-refractivity contribution in [3.8, 4) is 11.6 Å². The molecule has 1 N–H and O–H groups in total. The summed E-state index contributed by atoms with van der Waals surface area (Å²) in [5.41, 5.74) is 0.361. The Morgan fingerprint density at radius 3 is 2.40 bits per heavy atom. The number of aromatic nitrogens is 2. The minimum atomic E-state index is -0.229. The van der Waals surface area contributed by atoms with E-state index in [4.69, 9.17) is 27.9 Å². The van der Waals surface area contributed by atoms with Crippen LogP contribution < -0.4 is 10.3 Å². The molecule has 2 aromatic rings. The van der Waals surface area contributed by atoms with E-state index in [1.54, 1.807) is 18.2 Å². The monoisotopic (exact) mass is 424 g/mol. The van der Waals surface area contributed by atoms with Gasteiger partial charge in [-0.05, 0) is 40.6 Å². The molecule has 4 nitrogen and oxygen atoms in total. The minimum absolute atomic E-state index is 0.0618. The van der Waals surface area contributed by atoms with Gasteiger partial charge in [0.2, 0.25) is 5.88 Å². The van der Waals surface area contributed by atoms with Gasteiger partial charge in [0.15, 0.2) is 5.75 Å². The second kappa shape index (κ2) is 6.32. The summed E-state index contributed by atoms with van der Waals surface area (Å²) in [7, 11) is 0. The van der Waals surface area contributed by atoms with Gasteiger partial charge in [-0.25, -0.2) is 5.10 Å². The molecule has 0 radical (unpaired) electrons. The van der Waals surface area contributed by atoms with Crippen LogP contribution in [-0.2, 0) is 0 Å². The average Bonchev–Trinajstić information content (AvgIpc) is 2.35. The Hall–Kier alpha value is -0.790. The molecule has 0 aliphatic rings.